The third kappa shape index (κ3) is 4.11. The summed E-state index contributed by atoms with van der Waals surface area (Å²) in [7, 11) is 0. The number of rotatable bonds is 4. The molecule has 2 aromatic rings. The number of halogens is 2. The predicted octanol–water partition coefficient (Wildman–Crippen LogP) is 4.24. The van der Waals surface area contributed by atoms with Gasteiger partial charge in [0, 0.05) is 44.0 Å². The zero-order valence-corrected chi connectivity index (χ0v) is 17.1. The smallest absolute Gasteiger partial charge is 0.148 e. The van der Waals surface area contributed by atoms with E-state index in [1.165, 1.54) is 50.9 Å². The highest BCUT2D eigenvalue weighted by Crippen LogP contribution is 2.40. The molecule has 1 aromatic heterocycles. The molecule has 29 heavy (non-hydrogen) atoms. The van der Waals surface area contributed by atoms with Crippen molar-refractivity contribution in [2.24, 2.45) is 11.8 Å². The molecule has 0 radical (unpaired) electrons. The molecule has 7 heteroatoms. The third-order valence-corrected chi connectivity index (χ3v) is 7.04. The maximum Gasteiger partial charge on any atom is 0.148 e. The van der Waals surface area contributed by atoms with E-state index < -0.39 is 0 Å². The van der Waals surface area contributed by atoms with Gasteiger partial charge in [-0.15, -0.1) is 10.2 Å². The minimum Gasteiger partial charge on any atom is -0.381 e. The van der Waals surface area contributed by atoms with Crippen LogP contribution in [-0.2, 0) is 4.74 Å². The Labute approximate surface area is 175 Å². The Morgan fingerprint density at radius 1 is 1.03 bits per heavy atom. The summed E-state index contributed by atoms with van der Waals surface area (Å²) in [5.74, 6) is 1.98. The lowest BCUT2D eigenvalue weighted by Gasteiger charge is -2.32. The predicted molar refractivity (Wildman–Crippen MR) is 111 cm³/mol. The fourth-order valence-electron chi connectivity index (χ4n) is 5.26. The molecule has 3 aliphatic rings. The van der Waals surface area contributed by atoms with Gasteiger partial charge in [-0.25, -0.2) is 4.39 Å². The van der Waals surface area contributed by atoms with Gasteiger partial charge in [0.15, 0.2) is 0 Å². The number of aromatic nitrogens is 2. The Morgan fingerprint density at radius 3 is 2.48 bits per heavy atom. The van der Waals surface area contributed by atoms with Crippen molar-refractivity contribution in [3.05, 3.63) is 41.2 Å². The van der Waals surface area contributed by atoms with Gasteiger partial charge in [-0.05, 0) is 67.9 Å². The van der Waals surface area contributed by atoms with Crippen LogP contribution in [-0.4, -0.2) is 53.5 Å². The van der Waals surface area contributed by atoms with Crippen LogP contribution in [0.3, 0.4) is 0 Å². The van der Waals surface area contributed by atoms with E-state index >= 15 is 0 Å². The van der Waals surface area contributed by atoms with E-state index in [0.717, 1.165) is 30.9 Å². The molecule has 0 bridgehead atoms. The number of likely N-dealkylation sites (tertiary alicyclic amines) is 1. The van der Waals surface area contributed by atoms with Crippen LogP contribution in [0, 0.1) is 17.7 Å². The highest BCUT2D eigenvalue weighted by atomic mass is 35.5. The molecule has 3 fully saturated rings. The summed E-state index contributed by atoms with van der Waals surface area (Å²) in [5.41, 5.74) is 1.14. The molecule has 5 rings (SSSR count). The number of hydrogen-bond donors (Lipinski definition) is 1. The molecule has 3 heterocycles. The molecule has 1 aliphatic carbocycles. The average molecular weight is 417 g/mol. The number of nitrogens with one attached hydrogen (secondary N) is 1. The first-order chi connectivity index (χ1) is 14.2. The van der Waals surface area contributed by atoms with Gasteiger partial charge < -0.3 is 10.1 Å². The second-order valence-electron chi connectivity index (χ2n) is 8.56. The maximum atomic E-state index is 13.5. The Hall–Kier alpha value is -1.76. The lowest BCUT2D eigenvalue weighted by atomic mass is 10.0. The lowest BCUT2D eigenvalue weighted by Crippen LogP contribution is -2.39. The van der Waals surface area contributed by atoms with Crippen molar-refractivity contribution < 1.29 is 9.13 Å². The van der Waals surface area contributed by atoms with Crippen LogP contribution in [0.4, 0.5) is 10.2 Å². The highest BCUT2D eigenvalue weighted by Gasteiger charge is 2.42. The molecule has 2 saturated heterocycles. The van der Waals surface area contributed by atoms with E-state index in [0.29, 0.717) is 28.4 Å². The minimum atomic E-state index is -0.333. The molecule has 2 unspecified atom stereocenters. The van der Waals surface area contributed by atoms with Gasteiger partial charge in [-0.3, -0.25) is 4.90 Å². The molecule has 2 atom stereocenters. The standard InChI is InChI=1S/C22H26ClFN4O/c23-20-2-1-16(24)11-19(20)21-3-4-22(27-26-21)25-17-9-14-12-28(13-15(14)10-17)18-5-7-29-8-6-18/h1-4,11,14-15,17-18H,5-10,12-13H2,(H,25,27). The monoisotopic (exact) mass is 416 g/mol. The first-order valence-corrected chi connectivity index (χ1v) is 10.9. The summed E-state index contributed by atoms with van der Waals surface area (Å²) in [6.45, 7) is 4.26. The number of benzene rings is 1. The zero-order chi connectivity index (χ0) is 19.8. The fraction of sp³-hybridized carbons (Fsp3) is 0.545. The zero-order valence-electron chi connectivity index (χ0n) is 16.4. The van der Waals surface area contributed by atoms with Crippen LogP contribution in [0.15, 0.2) is 30.3 Å². The Morgan fingerprint density at radius 2 is 1.79 bits per heavy atom. The van der Waals surface area contributed by atoms with Crippen molar-refractivity contribution in [2.45, 2.75) is 37.8 Å². The van der Waals surface area contributed by atoms with Gasteiger partial charge in [0.05, 0.1) is 10.7 Å². The van der Waals surface area contributed by atoms with E-state index in [9.17, 15) is 4.39 Å². The molecule has 1 saturated carbocycles. The summed E-state index contributed by atoms with van der Waals surface area (Å²) in [4.78, 5) is 2.70. The van der Waals surface area contributed by atoms with Gasteiger partial charge in [-0.1, -0.05) is 11.6 Å². The van der Waals surface area contributed by atoms with Crippen LogP contribution in [0.1, 0.15) is 25.7 Å². The summed E-state index contributed by atoms with van der Waals surface area (Å²) in [6.07, 6.45) is 4.73. The lowest BCUT2D eigenvalue weighted by molar-refractivity contribution is 0.0396. The Balaban J connectivity index is 1.18. The Kier molecular flexibility index (Phi) is 5.41. The van der Waals surface area contributed by atoms with Crippen molar-refractivity contribution in [1.82, 2.24) is 15.1 Å². The number of hydrogen-bond acceptors (Lipinski definition) is 5. The van der Waals surface area contributed by atoms with Gasteiger partial charge >= 0.3 is 0 Å². The Bertz CT molecular complexity index is 844. The normalized spacial score (nSPS) is 27.9. The molecular weight excluding hydrogens is 391 g/mol. The second-order valence-corrected chi connectivity index (χ2v) is 8.97. The van der Waals surface area contributed by atoms with Crippen molar-refractivity contribution in [1.29, 1.82) is 0 Å². The van der Waals surface area contributed by atoms with Gasteiger partial charge in [0.2, 0.25) is 0 Å². The van der Waals surface area contributed by atoms with Crippen molar-refractivity contribution in [2.75, 3.05) is 31.6 Å². The molecular formula is C22H26ClFN4O. The van der Waals surface area contributed by atoms with Gasteiger partial charge in [0.25, 0.3) is 0 Å². The quantitative estimate of drug-likeness (QED) is 0.807. The number of nitrogens with zero attached hydrogens (tertiary/aromatic N) is 3. The van der Waals surface area contributed by atoms with Crippen LogP contribution < -0.4 is 5.32 Å². The van der Waals surface area contributed by atoms with E-state index in [1.807, 2.05) is 12.1 Å². The van der Waals surface area contributed by atoms with E-state index in [-0.39, 0.29) is 5.82 Å². The van der Waals surface area contributed by atoms with Crippen LogP contribution in [0.25, 0.3) is 11.3 Å². The van der Waals surface area contributed by atoms with Crippen LogP contribution >= 0.6 is 11.6 Å². The number of anilines is 1. The van der Waals surface area contributed by atoms with E-state index in [1.54, 1.807) is 6.07 Å². The van der Waals surface area contributed by atoms with E-state index in [2.05, 4.69) is 20.4 Å². The van der Waals surface area contributed by atoms with Crippen LogP contribution in [0.2, 0.25) is 5.02 Å². The van der Waals surface area contributed by atoms with Crippen molar-refractivity contribution in [3.63, 3.8) is 0 Å². The summed E-state index contributed by atoms with van der Waals surface area (Å²) < 4.78 is 19.0. The van der Waals surface area contributed by atoms with Crippen molar-refractivity contribution in [3.8, 4) is 11.3 Å². The maximum absolute atomic E-state index is 13.5. The summed E-state index contributed by atoms with van der Waals surface area (Å²) in [6, 6.07) is 9.19. The first-order valence-electron chi connectivity index (χ1n) is 10.5. The van der Waals surface area contributed by atoms with Crippen LogP contribution in [0.5, 0.6) is 0 Å². The molecule has 154 valence electrons. The minimum absolute atomic E-state index is 0.333. The average Bonchev–Trinajstić information content (AvgIpc) is 3.30. The van der Waals surface area contributed by atoms with E-state index in [4.69, 9.17) is 16.3 Å². The third-order valence-electron chi connectivity index (χ3n) is 6.71. The molecule has 2 aliphatic heterocycles. The highest BCUT2D eigenvalue weighted by molar-refractivity contribution is 6.33. The number of fused-ring (bicyclic) bond motifs is 1. The molecule has 1 aromatic carbocycles. The molecule has 0 spiro atoms. The number of ether oxygens (including phenoxy) is 1. The fourth-order valence-corrected chi connectivity index (χ4v) is 5.47. The van der Waals surface area contributed by atoms with Crippen molar-refractivity contribution >= 4 is 17.4 Å². The summed E-state index contributed by atoms with van der Waals surface area (Å²) >= 11 is 6.17. The first kappa shape index (κ1) is 19.2. The summed E-state index contributed by atoms with van der Waals surface area (Å²) in [5, 5.41) is 12.6. The largest absolute Gasteiger partial charge is 0.381 e. The molecule has 0 amide bonds. The van der Waals surface area contributed by atoms with Gasteiger partial charge in [0.1, 0.15) is 11.6 Å². The molecule has 5 nitrogen and oxygen atoms in total. The second kappa shape index (κ2) is 8.17. The van der Waals surface area contributed by atoms with Gasteiger partial charge in [-0.2, -0.15) is 0 Å². The SMILES string of the molecule is Fc1ccc(Cl)c(-c2ccc(NC3CC4CN(C5CCOCC5)CC4C3)nn2)c1. The topological polar surface area (TPSA) is 50.3 Å². The molecule has 1 N–H and O–H groups in total.